The molecule has 0 aliphatic carbocycles. The molecule has 1 aromatic carbocycles. The van der Waals surface area contributed by atoms with Gasteiger partial charge in [-0.3, -0.25) is 14.6 Å². The zero-order chi connectivity index (χ0) is 15.4. The number of benzene rings is 1. The van der Waals surface area contributed by atoms with Gasteiger partial charge in [0.25, 0.3) is 5.91 Å². The first-order chi connectivity index (χ1) is 9.99. The van der Waals surface area contributed by atoms with E-state index in [0.29, 0.717) is 5.39 Å². The molecule has 4 N–H and O–H groups in total. The van der Waals surface area contributed by atoms with E-state index in [1.165, 1.54) is 6.20 Å². The highest BCUT2D eigenvalue weighted by Gasteiger charge is 2.24. The van der Waals surface area contributed by atoms with Gasteiger partial charge in [-0.05, 0) is 11.5 Å². The van der Waals surface area contributed by atoms with E-state index in [1.807, 2.05) is 12.1 Å². The Morgan fingerprint density at radius 3 is 2.62 bits per heavy atom. The summed E-state index contributed by atoms with van der Waals surface area (Å²) in [5.74, 6) is -2.81. The number of aromatic nitrogens is 1. The highest BCUT2D eigenvalue weighted by atomic mass is 16.4. The van der Waals surface area contributed by atoms with Crippen LogP contribution in [0.25, 0.3) is 10.8 Å². The standard InChI is InChI=1S/C14H13N3O4/c15-11(18)7-10(14(20)21)17-13(19)12-9-4-2-1-3-8(9)5-6-16-12/h1-6,10H,7H2,(H2,15,18)(H,17,19)(H,20,21)/t10-/m1/s1. The van der Waals surface area contributed by atoms with E-state index in [9.17, 15) is 14.4 Å². The number of nitrogens with two attached hydrogens (primary N) is 1. The number of carbonyl (C=O) groups is 3. The first-order valence-corrected chi connectivity index (χ1v) is 6.14. The molecule has 0 radical (unpaired) electrons. The molecule has 7 nitrogen and oxygen atoms in total. The summed E-state index contributed by atoms with van der Waals surface area (Å²) in [5, 5.41) is 12.6. The van der Waals surface area contributed by atoms with Crippen molar-refractivity contribution in [1.82, 2.24) is 10.3 Å². The van der Waals surface area contributed by atoms with Crippen molar-refractivity contribution in [2.75, 3.05) is 0 Å². The fourth-order valence-electron chi connectivity index (χ4n) is 1.93. The summed E-state index contributed by atoms with van der Waals surface area (Å²) >= 11 is 0. The average molecular weight is 287 g/mol. The number of carboxylic acids is 1. The van der Waals surface area contributed by atoms with Crippen molar-refractivity contribution in [2.24, 2.45) is 5.73 Å². The van der Waals surface area contributed by atoms with E-state index in [2.05, 4.69) is 10.3 Å². The minimum absolute atomic E-state index is 0.101. The van der Waals surface area contributed by atoms with Crippen molar-refractivity contribution in [3.63, 3.8) is 0 Å². The molecule has 7 heteroatoms. The first kappa shape index (κ1) is 14.4. The molecule has 0 aliphatic heterocycles. The van der Waals surface area contributed by atoms with Gasteiger partial charge >= 0.3 is 5.97 Å². The SMILES string of the molecule is NC(=O)C[C@@H](NC(=O)c1nccc2ccccc12)C(=O)O. The van der Waals surface area contributed by atoms with E-state index < -0.39 is 30.2 Å². The molecule has 1 heterocycles. The molecule has 0 fully saturated rings. The summed E-state index contributed by atoms with van der Waals surface area (Å²) < 4.78 is 0. The lowest BCUT2D eigenvalue weighted by Crippen LogP contribution is -2.43. The second kappa shape index (κ2) is 6.00. The van der Waals surface area contributed by atoms with Gasteiger partial charge in [-0.25, -0.2) is 4.79 Å². The van der Waals surface area contributed by atoms with Crippen LogP contribution in [0, 0.1) is 0 Å². The highest BCUT2D eigenvalue weighted by Crippen LogP contribution is 2.16. The summed E-state index contributed by atoms with van der Waals surface area (Å²) in [4.78, 5) is 38.0. The smallest absolute Gasteiger partial charge is 0.326 e. The van der Waals surface area contributed by atoms with E-state index in [4.69, 9.17) is 10.8 Å². The number of carbonyl (C=O) groups excluding carboxylic acids is 2. The second-order valence-electron chi connectivity index (χ2n) is 4.42. The molecule has 21 heavy (non-hydrogen) atoms. The molecular formula is C14H13N3O4. The number of fused-ring (bicyclic) bond motifs is 1. The Balaban J connectivity index is 2.29. The topological polar surface area (TPSA) is 122 Å². The van der Waals surface area contributed by atoms with Crippen molar-refractivity contribution in [3.8, 4) is 0 Å². The fraction of sp³-hybridized carbons (Fsp3) is 0.143. The molecule has 0 aliphatic rings. The van der Waals surface area contributed by atoms with Gasteiger partial charge in [0.15, 0.2) is 0 Å². The monoisotopic (exact) mass is 287 g/mol. The molecule has 1 atom stereocenters. The number of aliphatic carboxylic acids is 1. The lowest BCUT2D eigenvalue weighted by atomic mass is 10.1. The van der Waals surface area contributed by atoms with E-state index in [-0.39, 0.29) is 5.69 Å². The maximum atomic E-state index is 12.2. The number of pyridine rings is 1. The third kappa shape index (κ3) is 3.33. The van der Waals surface area contributed by atoms with Crippen molar-refractivity contribution >= 4 is 28.6 Å². The summed E-state index contributed by atoms with van der Waals surface area (Å²) in [5.41, 5.74) is 5.07. The summed E-state index contributed by atoms with van der Waals surface area (Å²) in [6, 6.07) is 7.45. The van der Waals surface area contributed by atoms with Crippen LogP contribution in [-0.4, -0.2) is 33.9 Å². The van der Waals surface area contributed by atoms with Crippen LogP contribution >= 0.6 is 0 Å². The third-order valence-corrected chi connectivity index (χ3v) is 2.90. The number of primary amides is 1. The molecule has 0 unspecified atom stereocenters. The lowest BCUT2D eigenvalue weighted by molar-refractivity contribution is -0.140. The predicted octanol–water partition coefficient (Wildman–Crippen LogP) is 0.293. The van der Waals surface area contributed by atoms with Crippen molar-refractivity contribution < 1.29 is 19.5 Å². The van der Waals surface area contributed by atoms with Gasteiger partial charge in [0.05, 0.1) is 6.42 Å². The van der Waals surface area contributed by atoms with Crippen LogP contribution in [-0.2, 0) is 9.59 Å². The Morgan fingerprint density at radius 1 is 1.24 bits per heavy atom. The maximum Gasteiger partial charge on any atom is 0.326 e. The number of rotatable bonds is 5. The van der Waals surface area contributed by atoms with Crippen LogP contribution in [0.1, 0.15) is 16.9 Å². The molecule has 108 valence electrons. The number of amides is 2. The number of hydrogen-bond acceptors (Lipinski definition) is 4. The summed E-state index contributed by atoms with van der Waals surface area (Å²) in [7, 11) is 0. The van der Waals surface area contributed by atoms with Crippen molar-refractivity contribution in [2.45, 2.75) is 12.5 Å². The first-order valence-electron chi connectivity index (χ1n) is 6.14. The quantitative estimate of drug-likeness (QED) is 0.729. The minimum Gasteiger partial charge on any atom is -0.480 e. The minimum atomic E-state index is -1.38. The normalized spacial score (nSPS) is 11.8. The summed E-state index contributed by atoms with van der Waals surface area (Å²) in [6.07, 6.45) is 0.979. The van der Waals surface area contributed by atoms with Gasteiger partial charge in [0.1, 0.15) is 11.7 Å². The van der Waals surface area contributed by atoms with E-state index >= 15 is 0 Å². The molecule has 0 saturated carbocycles. The van der Waals surface area contributed by atoms with Gasteiger partial charge in [0.2, 0.25) is 5.91 Å². The lowest BCUT2D eigenvalue weighted by Gasteiger charge is -2.13. The van der Waals surface area contributed by atoms with Crippen LogP contribution in [0.15, 0.2) is 36.5 Å². The van der Waals surface area contributed by atoms with E-state index in [1.54, 1.807) is 18.2 Å². The van der Waals surface area contributed by atoms with Crippen molar-refractivity contribution in [3.05, 3.63) is 42.2 Å². The number of nitrogens with zero attached hydrogens (tertiary/aromatic N) is 1. The second-order valence-corrected chi connectivity index (χ2v) is 4.42. The Bertz CT molecular complexity index is 709. The van der Waals surface area contributed by atoms with Gasteiger partial charge in [-0.2, -0.15) is 0 Å². The van der Waals surface area contributed by atoms with Gasteiger partial charge < -0.3 is 16.2 Å². The maximum absolute atomic E-state index is 12.2. The fourth-order valence-corrected chi connectivity index (χ4v) is 1.93. The molecule has 2 amide bonds. The van der Waals surface area contributed by atoms with Crippen LogP contribution in [0.3, 0.4) is 0 Å². The molecular weight excluding hydrogens is 274 g/mol. The Kier molecular flexibility index (Phi) is 4.13. The highest BCUT2D eigenvalue weighted by molar-refractivity contribution is 6.06. The molecule has 0 spiro atoms. The van der Waals surface area contributed by atoms with Crippen LogP contribution in [0.2, 0.25) is 0 Å². The molecule has 0 saturated heterocycles. The van der Waals surface area contributed by atoms with Gasteiger partial charge in [-0.1, -0.05) is 24.3 Å². The predicted molar refractivity (Wildman–Crippen MR) is 74.4 cm³/mol. The molecule has 1 aromatic heterocycles. The summed E-state index contributed by atoms with van der Waals surface area (Å²) in [6.45, 7) is 0. The van der Waals surface area contributed by atoms with Gasteiger partial charge in [0, 0.05) is 11.6 Å². The number of hydrogen-bond donors (Lipinski definition) is 3. The average Bonchev–Trinajstić information content (AvgIpc) is 2.45. The van der Waals surface area contributed by atoms with Crippen molar-refractivity contribution in [1.29, 1.82) is 0 Å². The Hall–Kier alpha value is -2.96. The largest absolute Gasteiger partial charge is 0.480 e. The number of carboxylic acid groups (broad SMARTS) is 1. The number of nitrogens with one attached hydrogen (secondary N) is 1. The Morgan fingerprint density at radius 2 is 1.95 bits per heavy atom. The Labute approximate surface area is 119 Å². The molecule has 0 bridgehead atoms. The van der Waals surface area contributed by atoms with Crippen LogP contribution in [0.4, 0.5) is 0 Å². The third-order valence-electron chi connectivity index (χ3n) is 2.90. The van der Waals surface area contributed by atoms with Gasteiger partial charge in [-0.15, -0.1) is 0 Å². The van der Waals surface area contributed by atoms with Crippen LogP contribution < -0.4 is 11.1 Å². The van der Waals surface area contributed by atoms with E-state index in [0.717, 1.165) is 5.39 Å². The zero-order valence-corrected chi connectivity index (χ0v) is 10.9. The van der Waals surface area contributed by atoms with Crippen LogP contribution in [0.5, 0.6) is 0 Å². The molecule has 2 rings (SSSR count). The zero-order valence-electron chi connectivity index (χ0n) is 10.9. The molecule has 2 aromatic rings.